The van der Waals surface area contributed by atoms with Crippen LogP contribution in [0.2, 0.25) is 0 Å². The van der Waals surface area contributed by atoms with Crippen molar-refractivity contribution in [1.29, 1.82) is 0 Å². The van der Waals surface area contributed by atoms with Gasteiger partial charge in [-0.15, -0.1) is 12.4 Å². The maximum Gasteiger partial charge on any atom is 0.417 e. The molecule has 2 aromatic rings. The van der Waals surface area contributed by atoms with Gasteiger partial charge in [-0.1, -0.05) is 18.2 Å². The van der Waals surface area contributed by atoms with Crippen LogP contribution in [0.25, 0.3) is 11.1 Å². The minimum absolute atomic E-state index is 0. The van der Waals surface area contributed by atoms with Gasteiger partial charge in [0.2, 0.25) is 5.56 Å². The summed E-state index contributed by atoms with van der Waals surface area (Å²) >= 11 is 0. The minimum atomic E-state index is -4.43. The first kappa shape index (κ1) is 14.3. The zero-order valence-electron chi connectivity index (χ0n) is 8.99. The van der Waals surface area contributed by atoms with Gasteiger partial charge in [-0.25, -0.2) is 0 Å². The van der Waals surface area contributed by atoms with E-state index in [9.17, 15) is 18.0 Å². The highest BCUT2D eigenvalue weighted by Crippen LogP contribution is 2.36. The summed E-state index contributed by atoms with van der Waals surface area (Å²) in [6.45, 7) is 0. The molecule has 96 valence electrons. The van der Waals surface area contributed by atoms with Crippen LogP contribution in [0.15, 0.2) is 47.4 Å². The quantitative estimate of drug-likeness (QED) is 0.849. The maximum absolute atomic E-state index is 12.7. The number of halogens is 4. The van der Waals surface area contributed by atoms with E-state index in [1.807, 2.05) is 0 Å². The van der Waals surface area contributed by atoms with Crippen LogP contribution in [0.3, 0.4) is 0 Å². The predicted molar refractivity (Wildman–Crippen MR) is 64.7 cm³/mol. The minimum Gasteiger partial charge on any atom is -0.329 e. The van der Waals surface area contributed by atoms with Crippen molar-refractivity contribution in [1.82, 2.24) is 4.98 Å². The molecule has 0 aliphatic carbocycles. The van der Waals surface area contributed by atoms with Crippen LogP contribution in [0.5, 0.6) is 0 Å². The fraction of sp³-hybridized carbons (Fsp3) is 0.0833. The molecule has 0 saturated heterocycles. The van der Waals surface area contributed by atoms with E-state index in [0.717, 1.165) is 12.1 Å². The second-order valence-electron chi connectivity index (χ2n) is 3.48. The van der Waals surface area contributed by atoms with E-state index in [1.165, 1.54) is 30.5 Å². The molecule has 0 radical (unpaired) electrons. The van der Waals surface area contributed by atoms with Crippen molar-refractivity contribution < 1.29 is 13.2 Å². The van der Waals surface area contributed by atoms with Crippen molar-refractivity contribution in [3.63, 3.8) is 0 Å². The Morgan fingerprint density at radius 3 is 2.33 bits per heavy atom. The van der Waals surface area contributed by atoms with Crippen molar-refractivity contribution in [3.8, 4) is 11.1 Å². The molecule has 0 atom stereocenters. The highest BCUT2D eigenvalue weighted by molar-refractivity contribution is 5.85. The molecule has 1 heterocycles. The van der Waals surface area contributed by atoms with Crippen molar-refractivity contribution in [2.45, 2.75) is 6.18 Å². The lowest BCUT2D eigenvalue weighted by Crippen LogP contribution is -2.08. The third-order valence-corrected chi connectivity index (χ3v) is 2.32. The molecule has 2 rings (SSSR count). The summed E-state index contributed by atoms with van der Waals surface area (Å²) in [6.07, 6.45) is -3.11. The van der Waals surface area contributed by atoms with Crippen LogP contribution in [0, 0.1) is 0 Å². The van der Waals surface area contributed by atoms with Gasteiger partial charge in [0.05, 0.1) is 5.56 Å². The lowest BCUT2D eigenvalue weighted by atomic mass is 10.0. The number of alkyl halides is 3. The molecule has 0 aliphatic heterocycles. The molecule has 0 unspecified atom stereocenters. The summed E-state index contributed by atoms with van der Waals surface area (Å²) in [6, 6.07) is 7.75. The molecule has 0 bridgehead atoms. The first-order valence-corrected chi connectivity index (χ1v) is 4.84. The van der Waals surface area contributed by atoms with Gasteiger partial charge in [0.1, 0.15) is 0 Å². The van der Waals surface area contributed by atoms with Gasteiger partial charge in [-0.3, -0.25) is 4.79 Å². The van der Waals surface area contributed by atoms with Crippen molar-refractivity contribution in [3.05, 3.63) is 58.5 Å². The molecular formula is C12H9ClF3NO. The third-order valence-electron chi connectivity index (χ3n) is 2.32. The number of nitrogens with one attached hydrogen (secondary N) is 1. The van der Waals surface area contributed by atoms with E-state index < -0.39 is 17.3 Å². The van der Waals surface area contributed by atoms with Crippen LogP contribution in [-0.2, 0) is 6.18 Å². The lowest BCUT2D eigenvalue weighted by Gasteiger charge is -2.12. The standard InChI is InChI=1S/C12H8F3NO.ClH/c13-12(14,15)10-4-2-1-3-9(10)8-5-6-16-11(17)7-8;/h1-7H,(H,16,17);1H. The van der Waals surface area contributed by atoms with Gasteiger partial charge in [0, 0.05) is 12.3 Å². The van der Waals surface area contributed by atoms with Gasteiger partial charge >= 0.3 is 6.18 Å². The smallest absolute Gasteiger partial charge is 0.329 e. The largest absolute Gasteiger partial charge is 0.417 e. The van der Waals surface area contributed by atoms with E-state index in [1.54, 1.807) is 0 Å². The average Bonchev–Trinajstić information content (AvgIpc) is 2.28. The zero-order valence-corrected chi connectivity index (χ0v) is 9.81. The molecule has 6 heteroatoms. The fourth-order valence-electron chi connectivity index (χ4n) is 1.59. The number of benzene rings is 1. The number of pyridine rings is 1. The highest BCUT2D eigenvalue weighted by Gasteiger charge is 2.33. The zero-order chi connectivity index (χ0) is 12.5. The summed E-state index contributed by atoms with van der Waals surface area (Å²) in [5, 5.41) is 0. The van der Waals surface area contributed by atoms with Gasteiger partial charge in [0.25, 0.3) is 0 Å². The normalized spacial score (nSPS) is 10.8. The van der Waals surface area contributed by atoms with Crippen molar-refractivity contribution >= 4 is 12.4 Å². The summed E-state index contributed by atoms with van der Waals surface area (Å²) in [5.74, 6) is 0. The van der Waals surface area contributed by atoms with E-state index in [2.05, 4.69) is 4.98 Å². The number of rotatable bonds is 1. The Hall–Kier alpha value is -1.75. The Morgan fingerprint density at radius 1 is 1.06 bits per heavy atom. The van der Waals surface area contributed by atoms with Gasteiger partial charge in [0.15, 0.2) is 0 Å². The van der Waals surface area contributed by atoms with Gasteiger partial charge < -0.3 is 4.98 Å². The van der Waals surface area contributed by atoms with Crippen LogP contribution < -0.4 is 5.56 Å². The first-order chi connectivity index (χ1) is 7.98. The number of hydrogen-bond acceptors (Lipinski definition) is 1. The Balaban J connectivity index is 0.00000162. The first-order valence-electron chi connectivity index (χ1n) is 4.84. The monoisotopic (exact) mass is 275 g/mol. The van der Waals surface area contributed by atoms with Crippen LogP contribution in [0.4, 0.5) is 13.2 Å². The number of hydrogen-bond donors (Lipinski definition) is 1. The number of H-pyrrole nitrogens is 1. The molecule has 0 fully saturated rings. The average molecular weight is 276 g/mol. The number of aromatic nitrogens is 1. The Bertz CT molecular complexity index is 592. The van der Waals surface area contributed by atoms with Crippen molar-refractivity contribution in [2.75, 3.05) is 0 Å². The van der Waals surface area contributed by atoms with E-state index in [-0.39, 0.29) is 23.5 Å². The lowest BCUT2D eigenvalue weighted by molar-refractivity contribution is -0.137. The molecule has 1 aromatic heterocycles. The molecule has 0 amide bonds. The van der Waals surface area contributed by atoms with Crippen molar-refractivity contribution in [2.24, 2.45) is 0 Å². The molecule has 2 nitrogen and oxygen atoms in total. The van der Waals surface area contributed by atoms with Crippen LogP contribution in [0.1, 0.15) is 5.56 Å². The predicted octanol–water partition coefficient (Wildman–Crippen LogP) is 3.48. The Morgan fingerprint density at radius 2 is 1.72 bits per heavy atom. The summed E-state index contributed by atoms with van der Waals surface area (Å²) in [5.41, 5.74) is -0.919. The molecule has 1 N–H and O–H groups in total. The summed E-state index contributed by atoms with van der Waals surface area (Å²) in [4.78, 5) is 13.5. The van der Waals surface area contributed by atoms with E-state index >= 15 is 0 Å². The molecular weight excluding hydrogens is 267 g/mol. The summed E-state index contributed by atoms with van der Waals surface area (Å²) < 4.78 is 38.2. The summed E-state index contributed by atoms with van der Waals surface area (Å²) in [7, 11) is 0. The fourth-order valence-corrected chi connectivity index (χ4v) is 1.59. The second-order valence-corrected chi connectivity index (χ2v) is 3.48. The maximum atomic E-state index is 12.7. The van der Waals surface area contributed by atoms with Gasteiger partial charge in [-0.2, -0.15) is 13.2 Å². The Kier molecular flexibility index (Phi) is 4.19. The molecule has 0 aliphatic rings. The van der Waals surface area contributed by atoms with E-state index in [4.69, 9.17) is 0 Å². The molecule has 18 heavy (non-hydrogen) atoms. The van der Waals surface area contributed by atoms with Crippen LogP contribution >= 0.6 is 12.4 Å². The SMILES string of the molecule is Cl.O=c1cc(-c2ccccc2C(F)(F)F)cc[nH]1. The van der Waals surface area contributed by atoms with Gasteiger partial charge in [-0.05, 0) is 23.3 Å². The highest BCUT2D eigenvalue weighted by atomic mass is 35.5. The topological polar surface area (TPSA) is 32.9 Å². The second kappa shape index (κ2) is 5.27. The Labute approximate surface area is 107 Å². The number of aromatic amines is 1. The van der Waals surface area contributed by atoms with E-state index in [0.29, 0.717) is 0 Å². The molecule has 0 saturated carbocycles. The molecule has 1 aromatic carbocycles. The van der Waals surface area contributed by atoms with Crippen LogP contribution in [-0.4, -0.2) is 4.98 Å². The molecule has 0 spiro atoms. The third kappa shape index (κ3) is 2.92.